The van der Waals surface area contributed by atoms with Gasteiger partial charge in [0.05, 0.1) is 11.7 Å². The molecule has 90 valence electrons. The third-order valence-electron chi connectivity index (χ3n) is 2.48. The zero-order valence-electron chi connectivity index (χ0n) is 10.3. The average Bonchev–Trinajstić information content (AvgIpc) is 2.27. The smallest absolute Gasteiger partial charge is 0.316 e. The highest BCUT2D eigenvalue weighted by Gasteiger charge is 2.24. The van der Waals surface area contributed by atoms with Crippen molar-refractivity contribution in [1.82, 2.24) is 0 Å². The molecule has 1 aromatic rings. The highest BCUT2D eigenvalue weighted by molar-refractivity contribution is 5.78. The Morgan fingerprint density at radius 2 is 2.12 bits per heavy atom. The van der Waals surface area contributed by atoms with Gasteiger partial charge in [-0.25, -0.2) is 0 Å². The number of hydrogen-bond acceptors (Lipinski definition) is 3. The molecule has 0 atom stereocenters. The molecule has 3 nitrogen and oxygen atoms in total. The van der Waals surface area contributed by atoms with Crippen LogP contribution in [-0.2, 0) is 11.2 Å². The molecule has 1 aliphatic rings. The van der Waals surface area contributed by atoms with E-state index in [0.717, 1.165) is 17.7 Å². The van der Waals surface area contributed by atoms with Gasteiger partial charge in [-0.05, 0) is 51.5 Å². The molecule has 1 aliphatic heterocycles. The largest absolute Gasteiger partial charge is 0.465 e. The average molecular weight is 232 g/mol. The Balaban J connectivity index is 2.16. The molecule has 1 aromatic carbocycles. The van der Waals surface area contributed by atoms with Crippen LogP contribution in [0.4, 0.5) is 0 Å². The predicted octanol–water partition coefficient (Wildman–Crippen LogP) is 3.09. The first kappa shape index (κ1) is 11.7. The van der Waals surface area contributed by atoms with Crippen LogP contribution in [0, 0.1) is 5.41 Å². The molecule has 2 rings (SSSR count). The number of carbonyl (C=O) groups is 1. The van der Waals surface area contributed by atoms with Crippen LogP contribution in [-0.4, -0.2) is 5.97 Å². The number of fused-ring (bicyclic) bond motifs is 1. The summed E-state index contributed by atoms with van der Waals surface area (Å²) in [6, 6.07) is 5.42. The van der Waals surface area contributed by atoms with Crippen LogP contribution in [0.15, 0.2) is 30.5 Å². The first-order valence-corrected chi connectivity index (χ1v) is 5.64. The van der Waals surface area contributed by atoms with Gasteiger partial charge >= 0.3 is 5.97 Å². The Hall–Kier alpha value is -1.77. The van der Waals surface area contributed by atoms with E-state index in [0.29, 0.717) is 5.75 Å². The minimum Gasteiger partial charge on any atom is -0.465 e. The second kappa shape index (κ2) is 4.24. The van der Waals surface area contributed by atoms with E-state index in [2.05, 4.69) is 0 Å². The monoisotopic (exact) mass is 232 g/mol. The van der Waals surface area contributed by atoms with E-state index >= 15 is 0 Å². The number of esters is 1. The SMILES string of the molecule is CC(C)(C)C(=O)Oc1ccc2c(c1)CC=CO2. The second-order valence-electron chi connectivity index (χ2n) is 5.10. The third kappa shape index (κ3) is 2.67. The number of carbonyl (C=O) groups excluding carboxylic acids is 1. The lowest BCUT2D eigenvalue weighted by molar-refractivity contribution is -0.143. The molecule has 0 spiro atoms. The zero-order chi connectivity index (χ0) is 12.5. The van der Waals surface area contributed by atoms with Crippen molar-refractivity contribution >= 4 is 5.97 Å². The molecule has 0 unspecified atom stereocenters. The lowest BCUT2D eigenvalue weighted by Gasteiger charge is -2.18. The Morgan fingerprint density at radius 3 is 2.82 bits per heavy atom. The maximum Gasteiger partial charge on any atom is 0.316 e. The van der Waals surface area contributed by atoms with Gasteiger partial charge in [0.1, 0.15) is 11.5 Å². The molecule has 0 amide bonds. The van der Waals surface area contributed by atoms with Crippen LogP contribution >= 0.6 is 0 Å². The summed E-state index contributed by atoms with van der Waals surface area (Å²) in [6.07, 6.45) is 4.40. The van der Waals surface area contributed by atoms with Crippen molar-refractivity contribution in [3.63, 3.8) is 0 Å². The Morgan fingerprint density at radius 1 is 1.35 bits per heavy atom. The van der Waals surface area contributed by atoms with Gasteiger partial charge in [-0.2, -0.15) is 0 Å². The molecule has 0 saturated heterocycles. The van der Waals surface area contributed by atoms with Crippen molar-refractivity contribution in [2.24, 2.45) is 5.41 Å². The molecule has 1 heterocycles. The van der Waals surface area contributed by atoms with E-state index in [9.17, 15) is 4.79 Å². The Bertz CT molecular complexity index is 467. The van der Waals surface area contributed by atoms with E-state index in [1.807, 2.05) is 39.0 Å². The molecule has 0 N–H and O–H groups in total. The zero-order valence-corrected chi connectivity index (χ0v) is 10.3. The van der Waals surface area contributed by atoms with Gasteiger partial charge in [0.25, 0.3) is 0 Å². The molecule has 0 fully saturated rings. The van der Waals surface area contributed by atoms with Crippen LogP contribution in [0.25, 0.3) is 0 Å². The van der Waals surface area contributed by atoms with Crippen molar-refractivity contribution in [3.05, 3.63) is 36.1 Å². The highest BCUT2D eigenvalue weighted by Crippen LogP contribution is 2.28. The summed E-state index contributed by atoms with van der Waals surface area (Å²) in [7, 11) is 0. The van der Waals surface area contributed by atoms with Crippen molar-refractivity contribution in [1.29, 1.82) is 0 Å². The lowest BCUT2D eigenvalue weighted by Crippen LogP contribution is -2.25. The third-order valence-corrected chi connectivity index (χ3v) is 2.48. The number of rotatable bonds is 1. The molecule has 0 radical (unpaired) electrons. The number of hydrogen-bond donors (Lipinski definition) is 0. The quantitative estimate of drug-likeness (QED) is 0.551. The first-order valence-electron chi connectivity index (χ1n) is 5.64. The van der Waals surface area contributed by atoms with Gasteiger partial charge in [0, 0.05) is 5.56 Å². The van der Waals surface area contributed by atoms with Gasteiger partial charge < -0.3 is 9.47 Å². The number of allylic oxidation sites excluding steroid dienone is 1. The van der Waals surface area contributed by atoms with E-state index in [1.165, 1.54) is 0 Å². The molecular formula is C14H16O3. The van der Waals surface area contributed by atoms with E-state index in [-0.39, 0.29) is 5.97 Å². The second-order valence-corrected chi connectivity index (χ2v) is 5.10. The summed E-state index contributed by atoms with van der Waals surface area (Å²) < 4.78 is 10.7. The molecule has 0 bridgehead atoms. The van der Waals surface area contributed by atoms with Gasteiger partial charge in [-0.1, -0.05) is 0 Å². The van der Waals surface area contributed by atoms with Crippen LogP contribution in [0.5, 0.6) is 11.5 Å². The predicted molar refractivity (Wildman–Crippen MR) is 65.0 cm³/mol. The van der Waals surface area contributed by atoms with Crippen molar-refractivity contribution in [2.45, 2.75) is 27.2 Å². The molecule has 0 saturated carbocycles. The number of ether oxygens (including phenoxy) is 2. The van der Waals surface area contributed by atoms with Crippen LogP contribution < -0.4 is 9.47 Å². The van der Waals surface area contributed by atoms with E-state index in [1.54, 1.807) is 12.3 Å². The summed E-state index contributed by atoms with van der Waals surface area (Å²) in [5.41, 5.74) is 0.540. The molecule has 3 heteroatoms. The van der Waals surface area contributed by atoms with Crippen LogP contribution in [0.2, 0.25) is 0 Å². The fraction of sp³-hybridized carbons (Fsp3) is 0.357. The van der Waals surface area contributed by atoms with Gasteiger partial charge in [-0.3, -0.25) is 4.79 Å². The standard InChI is InChI=1S/C14H16O3/c1-14(2,3)13(15)17-11-6-7-12-10(9-11)5-4-8-16-12/h4,6-9H,5H2,1-3H3. The van der Waals surface area contributed by atoms with Gasteiger partial charge in [0.15, 0.2) is 0 Å². The van der Waals surface area contributed by atoms with Gasteiger partial charge in [-0.15, -0.1) is 0 Å². The topological polar surface area (TPSA) is 35.5 Å². The summed E-state index contributed by atoms with van der Waals surface area (Å²) in [5, 5.41) is 0. The number of benzene rings is 1. The normalized spacial score (nSPS) is 13.8. The van der Waals surface area contributed by atoms with Crippen molar-refractivity contribution < 1.29 is 14.3 Å². The maximum atomic E-state index is 11.7. The Kier molecular flexibility index (Phi) is 2.92. The molecule has 0 aliphatic carbocycles. The lowest BCUT2D eigenvalue weighted by atomic mass is 9.97. The summed E-state index contributed by atoms with van der Waals surface area (Å²) in [6.45, 7) is 5.50. The van der Waals surface area contributed by atoms with E-state index < -0.39 is 5.41 Å². The maximum absolute atomic E-state index is 11.7. The summed E-state index contributed by atoms with van der Waals surface area (Å²) in [5.74, 6) is 1.16. The van der Waals surface area contributed by atoms with E-state index in [4.69, 9.17) is 9.47 Å². The van der Waals surface area contributed by atoms with Crippen molar-refractivity contribution in [2.75, 3.05) is 0 Å². The minimum atomic E-state index is -0.494. The fourth-order valence-electron chi connectivity index (χ4n) is 1.45. The highest BCUT2D eigenvalue weighted by atomic mass is 16.5. The van der Waals surface area contributed by atoms with Crippen molar-refractivity contribution in [3.8, 4) is 11.5 Å². The Labute approximate surface area is 101 Å². The fourth-order valence-corrected chi connectivity index (χ4v) is 1.45. The summed E-state index contributed by atoms with van der Waals surface area (Å²) >= 11 is 0. The van der Waals surface area contributed by atoms with Crippen LogP contribution in [0.3, 0.4) is 0 Å². The molecule has 17 heavy (non-hydrogen) atoms. The first-order chi connectivity index (χ1) is 7.97. The molecule has 0 aromatic heterocycles. The minimum absolute atomic E-state index is 0.232. The summed E-state index contributed by atoms with van der Waals surface area (Å²) in [4.78, 5) is 11.7. The van der Waals surface area contributed by atoms with Crippen LogP contribution in [0.1, 0.15) is 26.3 Å². The van der Waals surface area contributed by atoms with Gasteiger partial charge in [0.2, 0.25) is 0 Å². The molecular weight excluding hydrogens is 216 g/mol.